The smallest absolute Gasteiger partial charge is 0.186 e. The minimum Gasteiger partial charge on any atom is -0.370 e. The molecule has 1 saturated heterocycles. The fourth-order valence-electron chi connectivity index (χ4n) is 1.98. The minimum absolute atomic E-state index is 0.0468. The zero-order valence-electron chi connectivity index (χ0n) is 8.46. The van der Waals surface area contributed by atoms with Gasteiger partial charge in [0.25, 0.3) is 0 Å². The number of H-pyrrole nitrogens is 1. The van der Waals surface area contributed by atoms with Crippen LogP contribution >= 0.6 is 0 Å². The van der Waals surface area contributed by atoms with Gasteiger partial charge in [-0.25, -0.2) is 13.8 Å². The number of aromatic nitrogens is 2. The van der Waals surface area contributed by atoms with E-state index in [-0.39, 0.29) is 11.6 Å². The van der Waals surface area contributed by atoms with Crippen molar-refractivity contribution in [3.05, 3.63) is 29.6 Å². The number of halogens is 2. The average molecular weight is 224 g/mol. The maximum absolute atomic E-state index is 13.4. The number of nitrogens with zero attached hydrogens (tertiary/aromatic N) is 1. The maximum atomic E-state index is 13.4. The number of aromatic amines is 1. The van der Waals surface area contributed by atoms with Crippen molar-refractivity contribution in [3.63, 3.8) is 0 Å². The standard InChI is InChI=1S/C11H10F2N2O/c12-6-3-4-7-10(9(6)13)15-11(14-7)8-2-1-5-16-8/h3-4,8H,1-2,5H2,(H,14,15). The molecule has 0 spiro atoms. The van der Waals surface area contributed by atoms with E-state index < -0.39 is 11.6 Å². The number of rotatable bonds is 1. The van der Waals surface area contributed by atoms with Crippen molar-refractivity contribution in [2.45, 2.75) is 18.9 Å². The van der Waals surface area contributed by atoms with Crippen molar-refractivity contribution in [1.82, 2.24) is 9.97 Å². The Bertz CT molecular complexity index is 532. The van der Waals surface area contributed by atoms with Crippen molar-refractivity contribution in [2.75, 3.05) is 6.61 Å². The van der Waals surface area contributed by atoms with Crippen LogP contribution in [0.2, 0.25) is 0 Å². The summed E-state index contributed by atoms with van der Waals surface area (Å²) < 4.78 is 31.8. The Morgan fingerprint density at radius 3 is 3.00 bits per heavy atom. The van der Waals surface area contributed by atoms with Gasteiger partial charge in [-0.05, 0) is 25.0 Å². The molecule has 1 aromatic carbocycles. The number of imidazole rings is 1. The first-order valence-electron chi connectivity index (χ1n) is 5.21. The summed E-state index contributed by atoms with van der Waals surface area (Å²) in [7, 11) is 0. The lowest BCUT2D eigenvalue weighted by atomic mass is 10.2. The van der Waals surface area contributed by atoms with Gasteiger partial charge in [-0.2, -0.15) is 0 Å². The summed E-state index contributed by atoms with van der Waals surface area (Å²) in [5, 5.41) is 0. The highest BCUT2D eigenvalue weighted by Crippen LogP contribution is 2.28. The van der Waals surface area contributed by atoms with E-state index in [1.54, 1.807) is 0 Å². The first-order chi connectivity index (χ1) is 7.75. The van der Waals surface area contributed by atoms with Crippen molar-refractivity contribution in [3.8, 4) is 0 Å². The Hall–Kier alpha value is -1.49. The number of hydrogen-bond acceptors (Lipinski definition) is 2. The Labute approximate surface area is 90.4 Å². The Morgan fingerprint density at radius 2 is 2.25 bits per heavy atom. The molecule has 2 heterocycles. The van der Waals surface area contributed by atoms with E-state index in [1.165, 1.54) is 6.07 Å². The van der Waals surface area contributed by atoms with E-state index in [4.69, 9.17) is 4.74 Å². The van der Waals surface area contributed by atoms with Crippen molar-refractivity contribution in [1.29, 1.82) is 0 Å². The summed E-state index contributed by atoms with van der Waals surface area (Å²) in [5.74, 6) is -1.20. The van der Waals surface area contributed by atoms with Gasteiger partial charge in [-0.3, -0.25) is 0 Å². The predicted molar refractivity (Wildman–Crippen MR) is 53.9 cm³/mol. The molecule has 1 aliphatic heterocycles. The normalized spacial score (nSPS) is 20.8. The highest BCUT2D eigenvalue weighted by molar-refractivity contribution is 5.75. The van der Waals surface area contributed by atoms with E-state index in [0.29, 0.717) is 17.9 Å². The summed E-state index contributed by atoms with van der Waals surface area (Å²) >= 11 is 0. The van der Waals surface area contributed by atoms with Crippen LogP contribution < -0.4 is 0 Å². The van der Waals surface area contributed by atoms with Gasteiger partial charge in [-0.15, -0.1) is 0 Å². The second-order valence-electron chi connectivity index (χ2n) is 3.88. The fourth-order valence-corrected chi connectivity index (χ4v) is 1.98. The minimum atomic E-state index is -0.905. The molecule has 1 aliphatic rings. The zero-order valence-corrected chi connectivity index (χ0v) is 8.46. The molecular weight excluding hydrogens is 214 g/mol. The van der Waals surface area contributed by atoms with E-state index in [0.717, 1.165) is 18.9 Å². The van der Waals surface area contributed by atoms with Crippen LogP contribution in [0.4, 0.5) is 8.78 Å². The third-order valence-corrected chi connectivity index (χ3v) is 2.80. The van der Waals surface area contributed by atoms with Crippen molar-refractivity contribution < 1.29 is 13.5 Å². The topological polar surface area (TPSA) is 37.9 Å². The van der Waals surface area contributed by atoms with Gasteiger partial charge in [0.05, 0.1) is 5.52 Å². The molecule has 5 heteroatoms. The third-order valence-electron chi connectivity index (χ3n) is 2.80. The maximum Gasteiger partial charge on any atom is 0.186 e. The quantitative estimate of drug-likeness (QED) is 0.808. The molecule has 2 aromatic rings. The Balaban J connectivity index is 2.11. The first-order valence-corrected chi connectivity index (χ1v) is 5.21. The lowest BCUT2D eigenvalue weighted by Crippen LogP contribution is -1.97. The molecule has 3 rings (SSSR count). The average Bonchev–Trinajstić information content (AvgIpc) is 2.91. The molecule has 1 atom stereocenters. The molecule has 16 heavy (non-hydrogen) atoms. The molecule has 1 fully saturated rings. The molecule has 1 aromatic heterocycles. The third kappa shape index (κ3) is 1.39. The summed E-state index contributed by atoms with van der Waals surface area (Å²) in [6, 6.07) is 2.58. The molecule has 0 amide bonds. The van der Waals surface area contributed by atoms with Crippen LogP contribution in [0, 0.1) is 11.6 Å². The van der Waals surface area contributed by atoms with E-state index >= 15 is 0 Å². The molecule has 0 bridgehead atoms. The highest BCUT2D eigenvalue weighted by Gasteiger charge is 2.22. The van der Waals surface area contributed by atoms with Crippen molar-refractivity contribution >= 4 is 11.0 Å². The van der Waals surface area contributed by atoms with Gasteiger partial charge >= 0.3 is 0 Å². The number of ether oxygens (including phenoxy) is 1. The predicted octanol–water partition coefficient (Wildman–Crippen LogP) is 2.69. The van der Waals surface area contributed by atoms with E-state index in [9.17, 15) is 8.78 Å². The lowest BCUT2D eigenvalue weighted by Gasteiger charge is -2.03. The van der Waals surface area contributed by atoms with Crippen LogP contribution in [0.5, 0.6) is 0 Å². The van der Waals surface area contributed by atoms with Gasteiger partial charge in [-0.1, -0.05) is 0 Å². The second kappa shape index (κ2) is 3.52. The van der Waals surface area contributed by atoms with Crippen LogP contribution in [-0.4, -0.2) is 16.6 Å². The molecule has 84 valence electrons. The van der Waals surface area contributed by atoms with Crippen LogP contribution in [0.3, 0.4) is 0 Å². The number of nitrogens with one attached hydrogen (secondary N) is 1. The molecule has 0 radical (unpaired) electrons. The first kappa shape index (κ1) is 9.72. The number of benzene rings is 1. The van der Waals surface area contributed by atoms with Crippen molar-refractivity contribution in [2.24, 2.45) is 0 Å². The lowest BCUT2D eigenvalue weighted by molar-refractivity contribution is 0.106. The van der Waals surface area contributed by atoms with Gasteiger partial charge in [0, 0.05) is 6.61 Å². The summed E-state index contributed by atoms with van der Waals surface area (Å²) in [6.07, 6.45) is 1.72. The monoisotopic (exact) mass is 224 g/mol. The summed E-state index contributed by atoms with van der Waals surface area (Å²) in [6.45, 7) is 0.693. The Morgan fingerprint density at radius 1 is 1.38 bits per heavy atom. The largest absolute Gasteiger partial charge is 0.370 e. The SMILES string of the molecule is Fc1ccc2[nH]c(C3CCCO3)nc2c1F. The summed E-state index contributed by atoms with van der Waals surface area (Å²) in [4.78, 5) is 7.02. The Kier molecular flexibility index (Phi) is 2.14. The fraction of sp³-hybridized carbons (Fsp3) is 0.364. The second-order valence-corrected chi connectivity index (χ2v) is 3.88. The molecule has 1 N–H and O–H groups in total. The highest BCUT2D eigenvalue weighted by atomic mass is 19.2. The van der Waals surface area contributed by atoms with E-state index in [1.807, 2.05) is 0 Å². The molecular formula is C11H10F2N2O. The van der Waals surface area contributed by atoms with Gasteiger partial charge in [0.15, 0.2) is 11.6 Å². The van der Waals surface area contributed by atoms with Crippen LogP contribution in [-0.2, 0) is 4.74 Å². The van der Waals surface area contributed by atoms with E-state index in [2.05, 4.69) is 9.97 Å². The number of hydrogen-bond donors (Lipinski definition) is 1. The number of fused-ring (bicyclic) bond motifs is 1. The molecule has 0 aliphatic carbocycles. The van der Waals surface area contributed by atoms with Gasteiger partial charge < -0.3 is 9.72 Å². The molecule has 1 unspecified atom stereocenters. The van der Waals surface area contributed by atoms with Crippen LogP contribution in [0.25, 0.3) is 11.0 Å². The van der Waals surface area contributed by atoms with Crippen LogP contribution in [0.15, 0.2) is 12.1 Å². The van der Waals surface area contributed by atoms with Gasteiger partial charge in [0.2, 0.25) is 0 Å². The zero-order chi connectivity index (χ0) is 11.1. The summed E-state index contributed by atoms with van der Waals surface area (Å²) in [5.41, 5.74) is 0.551. The molecule has 3 nitrogen and oxygen atoms in total. The van der Waals surface area contributed by atoms with Crippen LogP contribution in [0.1, 0.15) is 24.8 Å². The van der Waals surface area contributed by atoms with Gasteiger partial charge in [0.1, 0.15) is 17.4 Å². The molecule has 0 saturated carbocycles.